The van der Waals surface area contributed by atoms with Gasteiger partial charge < -0.3 is 5.32 Å². The van der Waals surface area contributed by atoms with Crippen LogP contribution in [0.15, 0.2) is 40.6 Å². The Hall–Kier alpha value is -1.70. The van der Waals surface area contributed by atoms with E-state index in [1.807, 2.05) is 18.4 Å². The number of carbonyl (C=O) groups is 1. The first-order valence-corrected chi connectivity index (χ1v) is 8.35. The number of aryl methyl sites for hydroxylation is 1. The van der Waals surface area contributed by atoms with E-state index in [2.05, 4.69) is 5.32 Å². The highest BCUT2D eigenvalue weighted by Crippen LogP contribution is 2.20. The minimum Gasteiger partial charge on any atom is -0.321 e. The summed E-state index contributed by atoms with van der Waals surface area (Å²) in [6.45, 7) is 1.99. The molecule has 106 valence electrons. The van der Waals surface area contributed by atoms with Crippen LogP contribution < -0.4 is 10.5 Å². The number of thiophene rings is 1. The van der Waals surface area contributed by atoms with Gasteiger partial charge in [0, 0.05) is 5.69 Å². The summed E-state index contributed by atoms with van der Waals surface area (Å²) in [6, 6.07) is 7.66. The number of rotatable bonds is 4. The second kappa shape index (κ2) is 5.74. The highest BCUT2D eigenvalue weighted by Gasteiger charge is 2.13. The molecule has 1 aromatic heterocycles. The number of hydrogen-bond donors (Lipinski definition) is 2. The molecule has 0 fully saturated rings. The first-order chi connectivity index (χ1) is 9.41. The Bertz CT molecular complexity index is 718. The zero-order valence-corrected chi connectivity index (χ0v) is 12.4. The van der Waals surface area contributed by atoms with Crippen LogP contribution in [0.1, 0.15) is 22.2 Å². The third-order valence-corrected chi connectivity index (χ3v) is 4.66. The summed E-state index contributed by atoms with van der Waals surface area (Å²) < 4.78 is 22.3. The Kier molecular flexibility index (Phi) is 4.22. The van der Waals surface area contributed by atoms with E-state index in [-0.39, 0.29) is 10.8 Å². The van der Waals surface area contributed by atoms with Gasteiger partial charge in [-0.3, -0.25) is 4.79 Å². The molecule has 0 aliphatic rings. The molecule has 2 rings (SSSR count). The molecule has 0 atom stereocenters. The molecule has 0 unspecified atom stereocenters. The van der Waals surface area contributed by atoms with Crippen molar-refractivity contribution in [2.24, 2.45) is 5.14 Å². The van der Waals surface area contributed by atoms with E-state index >= 15 is 0 Å². The third-order valence-electron chi connectivity index (χ3n) is 2.77. The first kappa shape index (κ1) is 14.7. The van der Waals surface area contributed by atoms with Crippen molar-refractivity contribution < 1.29 is 13.2 Å². The molecule has 2 aromatic rings. The van der Waals surface area contributed by atoms with Gasteiger partial charge in [0.1, 0.15) is 0 Å². The molecule has 0 radical (unpaired) electrons. The average Bonchev–Trinajstić information content (AvgIpc) is 2.86. The lowest BCUT2D eigenvalue weighted by molar-refractivity contribution is 0.103. The molecule has 20 heavy (non-hydrogen) atoms. The number of nitrogens with one attached hydrogen (secondary N) is 1. The largest absolute Gasteiger partial charge is 0.321 e. The van der Waals surface area contributed by atoms with E-state index < -0.39 is 10.0 Å². The highest BCUT2D eigenvalue weighted by atomic mass is 32.2. The van der Waals surface area contributed by atoms with Crippen LogP contribution in [-0.4, -0.2) is 14.3 Å². The molecule has 0 spiro atoms. The minimum absolute atomic E-state index is 0.0147. The number of sulfonamides is 1. The zero-order valence-electron chi connectivity index (χ0n) is 10.8. The maximum atomic E-state index is 12.1. The number of anilines is 1. The van der Waals surface area contributed by atoms with Crippen molar-refractivity contribution in [2.45, 2.75) is 18.2 Å². The molecule has 1 heterocycles. The van der Waals surface area contributed by atoms with E-state index in [9.17, 15) is 13.2 Å². The molecule has 0 aliphatic carbocycles. The Balaban J connectivity index is 2.17. The summed E-state index contributed by atoms with van der Waals surface area (Å²) >= 11 is 1.38. The molecule has 3 N–H and O–H groups in total. The van der Waals surface area contributed by atoms with Crippen molar-refractivity contribution >= 4 is 33.0 Å². The SMILES string of the molecule is CCc1ccsc1C(=O)Nc1ccc(S(N)(=O)=O)cc1. The van der Waals surface area contributed by atoms with Gasteiger partial charge in [-0.1, -0.05) is 6.92 Å². The van der Waals surface area contributed by atoms with Crippen LogP contribution >= 0.6 is 11.3 Å². The Labute approximate surface area is 121 Å². The number of hydrogen-bond acceptors (Lipinski definition) is 4. The van der Waals surface area contributed by atoms with Crippen LogP contribution in [0.4, 0.5) is 5.69 Å². The van der Waals surface area contributed by atoms with Gasteiger partial charge in [0.2, 0.25) is 10.0 Å². The molecular weight excluding hydrogens is 296 g/mol. The predicted molar refractivity (Wildman–Crippen MR) is 79.5 cm³/mol. The number of amides is 1. The van der Waals surface area contributed by atoms with Gasteiger partial charge in [-0.25, -0.2) is 13.6 Å². The van der Waals surface area contributed by atoms with Crippen molar-refractivity contribution in [3.05, 3.63) is 46.2 Å². The summed E-state index contributed by atoms with van der Waals surface area (Å²) in [6.07, 6.45) is 0.788. The van der Waals surface area contributed by atoms with Gasteiger partial charge in [-0.2, -0.15) is 0 Å². The Morgan fingerprint density at radius 3 is 2.45 bits per heavy atom. The fourth-order valence-corrected chi connectivity index (χ4v) is 3.13. The number of benzene rings is 1. The van der Waals surface area contributed by atoms with Crippen LogP contribution in [0.2, 0.25) is 0 Å². The third kappa shape index (κ3) is 3.24. The number of carbonyl (C=O) groups excluding carboxylic acids is 1. The lowest BCUT2D eigenvalue weighted by atomic mass is 10.2. The molecule has 7 heteroatoms. The van der Waals surface area contributed by atoms with Crippen LogP contribution in [0, 0.1) is 0 Å². The highest BCUT2D eigenvalue weighted by molar-refractivity contribution is 7.89. The van der Waals surface area contributed by atoms with Gasteiger partial charge in [-0.15, -0.1) is 11.3 Å². The molecule has 5 nitrogen and oxygen atoms in total. The fraction of sp³-hybridized carbons (Fsp3) is 0.154. The van der Waals surface area contributed by atoms with E-state index in [0.29, 0.717) is 10.6 Å². The topological polar surface area (TPSA) is 89.3 Å². The lowest BCUT2D eigenvalue weighted by Crippen LogP contribution is -2.14. The van der Waals surface area contributed by atoms with Crippen LogP contribution in [0.25, 0.3) is 0 Å². The zero-order chi connectivity index (χ0) is 14.8. The first-order valence-electron chi connectivity index (χ1n) is 5.92. The van der Waals surface area contributed by atoms with E-state index in [1.165, 1.54) is 35.6 Å². The van der Waals surface area contributed by atoms with E-state index in [0.717, 1.165) is 12.0 Å². The molecule has 0 saturated carbocycles. The monoisotopic (exact) mass is 310 g/mol. The molecule has 0 aliphatic heterocycles. The summed E-state index contributed by atoms with van der Waals surface area (Å²) in [7, 11) is -3.71. The smallest absolute Gasteiger partial charge is 0.266 e. The van der Waals surface area contributed by atoms with E-state index in [1.54, 1.807) is 0 Å². The average molecular weight is 310 g/mol. The predicted octanol–water partition coefficient (Wildman–Crippen LogP) is 2.21. The Morgan fingerprint density at radius 2 is 1.90 bits per heavy atom. The molecule has 1 aromatic carbocycles. The molecule has 0 saturated heterocycles. The second-order valence-electron chi connectivity index (χ2n) is 4.15. The van der Waals surface area contributed by atoms with Gasteiger partial charge in [-0.05, 0) is 47.7 Å². The molecule has 1 amide bonds. The second-order valence-corrected chi connectivity index (χ2v) is 6.63. The van der Waals surface area contributed by atoms with E-state index in [4.69, 9.17) is 5.14 Å². The van der Waals surface area contributed by atoms with Crippen molar-refractivity contribution in [3.8, 4) is 0 Å². The van der Waals surface area contributed by atoms with Crippen molar-refractivity contribution in [2.75, 3.05) is 5.32 Å². The summed E-state index contributed by atoms with van der Waals surface area (Å²) in [5, 5.41) is 9.62. The summed E-state index contributed by atoms with van der Waals surface area (Å²) in [4.78, 5) is 12.8. The summed E-state index contributed by atoms with van der Waals surface area (Å²) in [5.74, 6) is -0.194. The quantitative estimate of drug-likeness (QED) is 0.907. The summed E-state index contributed by atoms with van der Waals surface area (Å²) in [5.41, 5.74) is 1.52. The minimum atomic E-state index is -3.71. The molecule has 0 bridgehead atoms. The van der Waals surface area contributed by atoms with Gasteiger partial charge in [0.25, 0.3) is 5.91 Å². The van der Waals surface area contributed by atoms with Crippen molar-refractivity contribution in [1.82, 2.24) is 0 Å². The lowest BCUT2D eigenvalue weighted by Gasteiger charge is -2.06. The standard InChI is InChI=1S/C13H14N2O3S2/c1-2-9-7-8-19-12(9)13(16)15-10-3-5-11(6-4-10)20(14,17)18/h3-8H,2H2,1H3,(H,15,16)(H2,14,17,18). The maximum absolute atomic E-state index is 12.1. The van der Waals surface area contributed by atoms with Crippen LogP contribution in [0.3, 0.4) is 0 Å². The van der Waals surface area contributed by atoms with Crippen LogP contribution in [0.5, 0.6) is 0 Å². The fourth-order valence-electron chi connectivity index (χ4n) is 1.73. The van der Waals surface area contributed by atoms with Gasteiger partial charge >= 0.3 is 0 Å². The van der Waals surface area contributed by atoms with Gasteiger partial charge in [0.15, 0.2) is 0 Å². The van der Waals surface area contributed by atoms with Crippen molar-refractivity contribution in [3.63, 3.8) is 0 Å². The van der Waals surface area contributed by atoms with Crippen LogP contribution in [-0.2, 0) is 16.4 Å². The molecular formula is C13H14N2O3S2. The van der Waals surface area contributed by atoms with Crippen molar-refractivity contribution in [1.29, 1.82) is 0 Å². The maximum Gasteiger partial charge on any atom is 0.266 e. The van der Waals surface area contributed by atoms with Gasteiger partial charge in [0.05, 0.1) is 9.77 Å². The number of nitrogens with two attached hydrogens (primary N) is 1. The normalized spacial score (nSPS) is 11.3. The Morgan fingerprint density at radius 1 is 1.25 bits per heavy atom. The number of primary sulfonamides is 1.